The van der Waals surface area contributed by atoms with E-state index in [-0.39, 0.29) is 6.04 Å². The number of nitrogens with zero attached hydrogens (tertiary/aromatic N) is 1. The Balaban J connectivity index is 1.79. The lowest BCUT2D eigenvalue weighted by Crippen LogP contribution is -2.51. The molecule has 0 bridgehead atoms. The molecule has 0 heterocycles. The van der Waals surface area contributed by atoms with Crippen molar-refractivity contribution in [3.05, 3.63) is 144 Å². The van der Waals surface area contributed by atoms with Crippen LogP contribution in [-0.2, 0) is 25.1 Å². The molecular formula is C31H33NO. The molecule has 0 saturated heterocycles. The Kier molecular flexibility index (Phi) is 7.72. The smallest absolute Gasteiger partial charge is 0.105 e. The Morgan fingerprint density at radius 2 is 1.00 bits per heavy atom. The highest BCUT2D eigenvalue weighted by molar-refractivity contribution is 5.28. The minimum absolute atomic E-state index is 0.104. The quantitative estimate of drug-likeness (QED) is 0.303. The summed E-state index contributed by atoms with van der Waals surface area (Å²) in [6.07, 6.45) is 1.40. The van der Waals surface area contributed by atoms with Gasteiger partial charge in [0.1, 0.15) is 5.60 Å². The number of hydrogen-bond donors (Lipinski definition) is 1. The molecular weight excluding hydrogens is 402 g/mol. The van der Waals surface area contributed by atoms with Crippen molar-refractivity contribution in [2.45, 2.75) is 44.5 Å². The van der Waals surface area contributed by atoms with Crippen LogP contribution in [-0.4, -0.2) is 16.0 Å². The van der Waals surface area contributed by atoms with Crippen molar-refractivity contribution < 1.29 is 5.11 Å². The highest BCUT2D eigenvalue weighted by atomic mass is 16.3. The lowest BCUT2D eigenvalue weighted by atomic mass is 9.79. The molecule has 0 aromatic heterocycles. The maximum atomic E-state index is 12.3. The number of aliphatic hydroxyl groups is 1. The maximum Gasteiger partial charge on any atom is 0.105 e. The van der Waals surface area contributed by atoms with E-state index < -0.39 is 5.60 Å². The van der Waals surface area contributed by atoms with Crippen molar-refractivity contribution in [3.63, 3.8) is 0 Å². The van der Waals surface area contributed by atoms with Gasteiger partial charge in [-0.15, -0.1) is 0 Å². The molecule has 4 rings (SSSR count). The summed E-state index contributed by atoms with van der Waals surface area (Å²) in [5.74, 6) is 0. The summed E-state index contributed by atoms with van der Waals surface area (Å²) >= 11 is 0. The van der Waals surface area contributed by atoms with Gasteiger partial charge in [0, 0.05) is 19.1 Å². The molecule has 4 aromatic carbocycles. The average molecular weight is 436 g/mol. The fourth-order valence-electron chi connectivity index (χ4n) is 4.71. The summed E-state index contributed by atoms with van der Waals surface area (Å²) < 4.78 is 0. The molecule has 0 amide bonds. The van der Waals surface area contributed by atoms with Crippen LogP contribution in [0.1, 0.15) is 35.6 Å². The van der Waals surface area contributed by atoms with Gasteiger partial charge in [0.15, 0.2) is 0 Å². The van der Waals surface area contributed by atoms with Gasteiger partial charge in [-0.2, -0.15) is 0 Å². The van der Waals surface area contributed by atoms with E-state index in [0.717, 1.165) is 25.1 Å². The molecule has 0 unspecified atom stereocenters. The van der Waals surface area contributed by atoms with Gasteiger partial charge in [0.2, 0.25) is 0 Å². The van der Waals surface area contributed by atoms with Crippen LogP contribution in [0.2, 0.25) is 0 Å². The van der Waals surface area contributed by atoms with Crippen LogP contribution in [0.15, 0.2) is 121 Å². The molecule has 2 nitrogen and oxygen atoms in total. The molecule has 0 aliphatic heterocycles. The third kappa shape index (κ3) is 5.78. The van der Waals surface area contributed by atoms with E-state index in [1.807, 2.05) is 24.3 Å². The van der Waals surface area contributed by atoms with E-state index in [2.05, 4.69) is 109 Å². The summed E-state index contributed by atoms with van der Waals surface area (Å²) in [6, 6.07) is 41.8. The number of hydrogen-bond acceptors (Lipinski definition) is 2. The highest BCUT2D eigenvalue weighted by Gasteiger charge is 2.40. The molecule has 1 N–H and O–H groups in total. The van der Waals surface area contributed by atoms with E-state index in [9.17, 15) is 5.11 Å². The third-order valence-electron chi connectivity index (χ3n) is 6.53. The van der Waals surface area contributed by atoms with Crippen LogP contribution >= 0.6 is 0 Å². The van der Waals surface area contributed by atoms with Crippen molar-refractivity contribution in [3.8, 4) is 0 Å². The minimum Gasteiger partial charge on any atom is -0.384 e. The van der Waals surface area contributed by atoms with E-state index in [1.165, 1.54) is 16.7 Å². The van der Waals surface area contributed by atoms with Crippen LogP contribution in [0.3, 0.4) is 0 Å². The maximum absolute atomic E-state index is 12.3. The Bertz CT molecular complexity index is 1040. The van der Waals surface area contributed by atoms with E-state index in [1.54, 1.807) is 0 Å². The van der Waals surface area contributed by atoms with Crippen molar-refractivity contribution in [1.82, 2.24) is 4.90 Å². The van der Waals surface area contributed by atoms with Gasteiger partial charge in [0.05, 0.1) is 0 Å². The monoisotopic (exact) mass is 435 g/mol. The van der Waals surface area contributed by atoms with Crippen LogP contribution in [0, 0.1) is 0 Å². The normalized spacial score (nSPS) is 14.0. The van der Waals surface area contributed by atoms with Crippen LogP contribution < -0.4 is 0 Å². The minimum atomic E-state index is -0.985. The third-order valence-corrected chi connectivity index (χ3v) is 6.53. The molecule has 2 heteroatoms. The largest absolute Gasteiger partial charge is 0.384 e. The lowest BCUT2D eigenvalue weighted by Gasteiger charge is -2.43. The second kappa shape index (κ2) is 11.1. The first-order valence-corrected chi connectivity index (χ1v) is 11.8. The van der Waals surface area contributed by atoms with Gasteiger partial charge >= 0.3 is 0 Å². The summed E-state index contributed by atoms with van der Waals surface area (Å²) in [5.41, 5.74) is 3.72. The lowest BCUT2D eigenvalue weighted by molar-refractivity contribution is -0.0628. The SMILES string of the molecule is CC[C@](O)(c1ccccc1)[C@H](Cc1ccccc1)N(Cc1ccccc1)Cc1ccccc1. The molecule has 0 radical (unpaired) electrons. The van der Waals surface area contributed by atoms with E-state index >= 15 is 0 Å². The Hall–Kier alpha value is -3.20. The van der Waals surface area contributed by atoms with Crippen molar-refractivity contribution in [2.24, 2.45) is 0 Å². The number of rotatable bonds is 10. The van der Waals surface area contributed by atoms with Crippen molar-refractivity contribution in [1.29, 1.82) is 0 Å². The van der Waals surface area contributed by atoms with Crippen molar-refractivity contribution >= 4 is 0 Å². The van der Waals surface area contributed by atoms with Gasteiger partial charge in [-0.05, 0) is 35.1 Å². The fraction of sp³-hybridized carbons (Fsp3) is 0.226. The Morgan fingerprint density at radius 3 is 1.42 bits per heavy atom. The Labute approximate surface area is 198 Å². The molecule has 2 atom stereocenters. The predicted molar refractivity (Wildman–Crippen MR) is 137 cm³/mol. The summed E-state index contributed by atoms with van der Waals surface area (Å²) in [5, 5.41) is 12.3. The summed E-state index contributed by atoms with van der Waals surface area (Å²) in [4.78, 5) is 2.45. The Morgan fingerprint density at radius 1 is 0.606 bits per heavy atom. The van der Waals surface area contributed by atoms with Gasteiger partial charge < -0.3 is 5.11 Å². The average Bonchev–Trinajstić information content (AvgIpc) is 2.89. The molecule has 33 heavy (non-hydrogen) atoms. The standard InChI is InChI=1S/C31H33NO/c1-2-31(33,29-21-13-6-14-22-29)30(23-26-15-7-3-8-16-26)32(24-27-17-9-4-10-18-27)25-28-19-11-5-12-20-28/h3-22,30,33H,2,23-25H2,1H3/t30-,31-/m0/s1. The molecule has 0 aliphatic rings. The topological polar surface area (TPSA) is 23.5 Å². The zero-order valence-corrected chi connectivity index (χ0v) is 19.3. The molecule has 0 aliphatic carbocycles. The van der Waals surface area contributed by atoms with Crippen LogP contribution in [0.5, 0.6) is 0 Å². The highest BCUT2D eigenvalue weighted by Crippen LogP contribution is 2.35. The van der Waals surface area contributed by atoms with E-state index in [0.29, 0.717) is 6.42 Å². The van der Waals surface area contributed by atoms with Crippen LogP contribution in [0.4, 0.5) is 0 Å². The second-order valence-corrected chi connectivity index (χ2v) is 8.73. The molecule has 0 spiro atoms. The summed E-state index contributed by atoms with van der Waals surface area (Å²) in [7, 11) is 0. The van der Waals surface area contributed by atoms with Crippen LogP contribution in [0.25, 0.3) is 0 Å². The van der Waals surface area contributed by atoms with Gasteiger partial charge in [-0.1, -0.05) is 128 Å². The van der Waals surface area contributed by atoms with Gasteiger partial charge in [-0.25, -0.2) is 0 Å². The summed E-state index contributed by atoms with van der Waals surface area (Å²) in [6.45, 7) is 3.62. The zero-order valence-electron chi connectivity index (χ0n) is 19.3. The second-order valence-electron chi connectivity index (χ2n) is 8.73. The molecule has 0 saturated carbocycles. The van der Waals surface area contributed by atoms with Crippen molar-refractivity contribution in [2.75, 3.05) is 0 Å². The first-order chi connectivity index (χ1) is 16.2. The van der Waals surface area contributed by atoms with Gasteiger partial charge in [0.25, 0.3) is 0 Å². The van der Waals surface area contributed by atoms with E-state index in [4.69, 9.17) is 0 Å². The van der Waals surface area contributed by atoms with Gasteiger partial charge in [-0.3, -0.25) is 4.90 Å². The molecule has 168 valence electrons. The number of benzene rings is 4. The predicted octanol–water partition coefficient (Wildman–Crippen LogP) is 6.60. The molecule has 4 aromatic rings. The first kappa shape index (κ1) is 23.0. The molecule has 0 fully saturated rings. The fourth-order valence-corrected chi connectivity index (χ4v) is 4.71. The zero-order chi connectivity index (χ0) is 22.9. The first-order valence-electron chi connectivity index (χ1n) is 11.8.